The Morgan fingerprint density at radius 3 is 2.54 bits per heavy atom. The minimum atomic E-state index is 0.250. The zero-order valence-electron chi connectivity index (χ0n) is 9.26. The van der Waals surface area contributed by atoms with Crippen molar-refractivity contribution < 1.29 is 4.79 Å². The first-order chi connectivity index (χ1) is 5.91. The minimum absolute atomic E-state index is 0.250. The zero-order valence-corrected chi connectivity index (χ0v) is 9.26. The first-order valence-corrected chi connectivity index (χ1v) is 5.08. The number of ketones is 1. The van der Waals surface area contributed by atoms with Crippen LogP contribution in [0.15, 0.2) is 0 Å². The molecule has 1 aliphatic rings. The van der Waals surface area contributed by atoms with Gasteiger partial charge < -0.3 is 4.90 Å². The van der Waals surface area contributed by atoms with E-state index in [2.05, 4.69) is 18.7 Å². The minimum Gasteiger partial charge on any atom is -0.309 e. The van der Waals surface area contributed by atoms with Crippen LogP contribution < -0.4 is 0 Å². The summed E-state index contributed by atoms with van der Waals surface area (Å²) < 4.78 is 0. The van der Waals surface area contributed by atoms with Gasteiger partial charge in [-0.05, 0) is 32.4 Å². The third-order valence-electron chi connectivity index (χ3n) is 2.86. The summed E-state index contributed by atoms with van der Waals surface area (Å²) in [5.41, 5.74) is 0.250. The lowest BCUT2D eigenvalue weighted by Gasteiger charge is -2.34. The van der Waals surface area contributed by atoms with Crippen molar-refractivity contribution in [1.29, 1.82) is 0 Å². The topological polar surface area (TPSA) is 20.3 Å². The molecule has 0 bridgehead atoms. The van der Waals surface area contributed by atoms with Crippen LogP contribution in [0, 0.1) is 11.3 Å². The molecular weight excluding hydrogens is 162 g/mol. The normalized spacial score (nSPS) is 28.1. The number of hydrogen-bond donors (Lipinski definition) is 0. The van der Waals surface area contributed by atoms with Crippen molar-refractivity contribution in [3.8, 4) is 0 Å². The Balaban J connectivity index is 2.49. The molecule has 1 atom stereocenters. The lowest BCUT2D eigenvalue weighted by Crippen LogP contribution is -2.35. The average molecular weight is 183 g/mol. The number of hydrogen-bond acceptors (Lipinski definition) is 2. The van der Waals surface area contributed by atoms with Crippen LogP contribution in [0.4, 0.5) is 0 Å². The van der Waals surface area contributed by atoms with E-state index in [9.17, 15) is 4.79 Å². The fourth-order valence-corrected chi connectivity index (χ4v) is 2.06. The van der Waals surface area contributed by atoms with E-state index < -0.39 is 0 Å². The molecule has 1 rings (SSSR count). The number of carbonyl (C=O) groups is 1. The average Bonchev–Trinajstić information content (AvgIpc) is 1.93. The second-order valence-corrected chi connectivity index (χ2v) is 5.31. The van der Waals surface area contributed by atoms with Crippen LogP contribution in [0.1, 0.15) is 33.1 Å². The predicted octanol–water partition coefficient (Wildman–Crippen LogP) is 1.94. The molecule has 0 saturated heterocycles. The van der Waals surface area contributed by atoms with Gasteiger partial charge >= 0.3 is 0 Å². The summed E-state index contributed by atoms with van der Waals surface area (Å²) in [5.74, 6) is 0.757. The van der Waals surface area contributed by atoms with Gasteiger partial charge in [-0.2, -0.15) is 0 Å². The Morgan fingerprint density at radius 1 is 1.46 bits per heavy atom. The van der Waals surface area contributed by atoms with Crippen molar-refractivity contribution in [2.45, 2.75) is 33.1 Å². The van der Waals surface area contributed by atoms with Crippen molar-refractivity contribution in [2.75, 3.05) is 20.6 Å². The standard InChI is InChI=1S/C11H21NO/c1-11(2)6-5-9(8-12(3)4)10(13)7-11/h9H,5-8H2,1-4H3. The molecule has 0 spiro atoms. The van der Waals surface area contributed by atoms with Gasteiger partial charge in [0.05, 0.1) is 0 Å². The molecule has 76 valence electrons. The Bertz CT molecular complexity index is 196. The Kier molecular flexibility index (Phi) is 3.12. The molecule has 0 aromatic rings. The summed E-state index contributed by atoms with van der Waals surface area (Å²) in [7, 11) is 4.07. The third-order valence-corrected chi connectivity index (χ3v) is 2.86. The van der Waals surface area contributed by atoms with Crippen molar-refractivity contribution in [3.63, 3.8) is 0 Å². The van der Waals surface area contributed by atoms with E-state index in [4.69, 9.17) is 0 Å². The lowest BCUT2D eigenvalue weighted by molar-refractivity contribution is -0.128. The maximum atomic E-state index is 11.7. The van der Waals surface area contributed by atoms with Crippen LogP contribution in [-0.2, 0) is 4.79 Å². The molecule has 0 aromatic heterocycles. The second kappa shape index (κ2) is 3.79. The van der Waals surface area contributed by atoms with E-state index in [0.29, 0.717) is 11.7 Å². The molecule has 0 aliphatic heterocycles. The van der Waals surface area contributed by atoms with E-state index >= 15 is 0 Å². The van der Waals surface area contributed by atoms with Gasteiger partial charge in [0.2, 0.25) is 0 Å². The summed E-state index contributed by atoms with van der Waals surface area (Å²) in [5, 5.41) is 0. The van der Waals surface area contributed by atoms with E-state index in [-0.39, 0.29) is 5.41 Å². The van der Waals surface area contributed by atoms with Crippen LogP contribution >= 0.6 is 0 Å². The van der Waals surface area contributed by atoms with Crippen LogP contribution in [0.5, 0.6) is 0 Å². The van der Waals surface area contributed by atoms with Crippen molar-refractivity contribution in [2.24, 2.45) is 11.3 Å². The molecule has 0 heterocycles. The zero-order chi connectivity index (χ0) is 10.1. The van der Waals surface area contributed by atoms with E-state index in [1.807, 2.05) is 14.1 Å². The van der Waals surface area contributed by atoms with Crippen LogP contribution in [0.25, 0.3) is 0 Å². The van der Waals surface area contributed by atoms with Crippen molar-refractivity contribution in [1.82, 2.24) is 4.90 Å². The number of carbonyl (C=O) groups excluding carboxylic acids is 1. The largest absolute Gasteiger partial charge is 0.309 e. The predicted molar refractivity (Wildman–Crippen MR) is 54.7 cm³/mol. The molecule has 0 N–H and O–H groups in total. The maximum absolute atomic E-state index is 11.7. The first kappa shape index (κ1) is 10.7. The van der Waals surface area contributed by atoms with Crippen LogP contribution in [0.2, 0.25) is 0 Å². The molecular formula is C11H21NO. The van der Waals surface area contributed by atoms with Crippen LogP contribution in [-0.4, -0.2) is 31.3 Å². The number of nitrogens with zero attached hydrogens (tertiary/aromatic N) is 1. The monoisotopic (exact) mass is 183 g/mol. The smallest absolute Gasteiger partial charge is 0.137 e. The number of rotatable bonds is 2. The molecule has 0 aromatic carbocycles. The molecule has 2 nitrogen and oxygen atoms in total. The highest BCUT2D eigenvalue weighted by molar-refractivity contribution is 5.82. The molecule has 1 aliphatic carbocycles. The molecule has 1 unspecified atom stereocenters. The molecule has 2 heteroatoms. The van der Waals surface area contributed by atoms with Crippen molar-refractivity contribution in [3.05, 3.63) is 0 Å². The van der Waals surface area contributed by atoms with E-state index in [1.165, 1.54) is 6.42 Å². The molecule has 13 heavy (non-hydrogen) atoms. The van der Waals surface area contributed by atoms with Gasteiger partial charge in [-0.25, -0.2) is 0 Å². The highest BCUT2D eigenvalue weighted by Crippen LogP contribution is 2.35. The van der Waals surface area contributed by atoms with E-state index in [1.54, 1.807) is 0 Å². The maximum Gasteiger partial charge on any atom is 0.137 e. The molecule has 0 radical (unpaired) electrons. The number of Topliss-reactive ketones (excluding diaryl/α,β-unsaturated/α-hetero) is 1. The summed E-state index contributed by atoms with van der Waals surface area (Å²) in [6.45, 7) is 5.31. The fourth-order valence-electron chi connectivity index (χ4n) is 2.06. The van der Waals surface area contributed by atoms with Crippen molar-refractivity contribution >= 4 is 5.78 Å². The Labute approximate surface area is 81.3 Å². The summed E-state index contributed by atoms with van der Waals surface area (Å²) in [6.07, 6.45) is 3.03. The Morgan fingerprint density at radius 2 is 2.08 bits per heavy atom. The van der Waals surface area contributed by atoms with Gasteiger partial charge in [-0.15, -0.1) is 0 Å². The quantitative estimate of drug-likeness (QED) is 0.652. The highest BCUT2D eigenvalue weighted by Gasteiger charge is 2.33. The van der Waals surface area contributed by atoms with Gasteiger partial charge in [0.15, 0.2) is 0 Å². The van der Waals surface area contributed by atoms with Gasteiger partial charge in [-0.1, -0.05) is 13.8 Å². The Hall–Kier alpha value is -0.370. The molecule has 1 fully saturated rings. The van der Waals surface area contributed by atoms with Gasteiger partial charge in [0, 0.05) is 18.9 Å². The van der Waals surface area contributed by atoms with E-state index in [0.717, 1.165) is 19.4 Å². The molecule has 1 saturated carbocycles. The summed E-state index contributed by atoms with van der Waals surface area (Å²) in [6, 6.07) is 0. The highest BCUT2D eigenvalue weighted by atomic mass is 16.1. The van der Waals surface area contributed by atoms with Gasteiger partial charge in [-0.3, -0.25) is 4.79 Å². The van der Waals surface area contributed by atoms with Gasteiger partial charge in [0.1, 0.15) is 5.78 Å². The summed E-state index contributed by atoms with van der Waals surface area (Å²) in [4.78, 5) is 13.8. The second-order valence-electron chi connectivity index (χ2n) is 5.31. The molecule has 0 amide bonds. The van der Waals surface area contributed by atoms with Crippen LogP contribution in [0.3, 0.4) is 0 Å². The summed E-state index contributed by atoms with van der Waals surface area (Å²) >= 11 is 0. The SMILES string of the molecule is CN(C)CC1CCC(C)(C)CC1=O. The first-order valence-electron chi connectivity index (χ1n) is 5.08. The fraction of sp³-hybridized carbons (Fsp3) is 0.909. The van der Waals surface area contributed by atoms with Gasteiger partial charge in [0.25, 0.3) is 0 Å². The third kappa shape index (κ3) is 3.11. The lowest BCUT2D eigenvalue weighted by atomic mass is 9.72.